The van der Waals surface area contributed by atoms with Crippen molar-refractivity contribution in [2.75, 3.05) is 0 Å². The highest BCUT2D eigenvalue weighted by atomic mass is 15.0. The van der Waals surface area contributed by atoms with Crippen LogP contribution in [0, 0.1) is 27.7 Å². The first-order valence-corrected chi connectivity index (χ1v) is 7.54. The molecule has 108 valence electrons. The lowest BCUT2D eigenvalue weighted by Gasteiger charge is -2.09. The molecule has 0 atom stereocenters. The molecule has 2 heterocycles. The lowest BCUT2D eigenvalue weighted by atomic mass is 10.1. The van der Waals surface area contributed by atoms with E-state index in [2.05, 4.69) is 60.7 Å². The number of nitrogens with zero attached hydrogens (tertiary/aromatic N) is 2. The predicted octanol–water partition coefficient (Wildman–Crippen LogP) is 4.51. The summed E-state index contributed by atoms with van der Waals surface area (Å²) in [6.07, 6.45) is 3.01. The van der Waals surface area contributed by atoms with Gasteiger partial charge in [-0.2, -0.15) is 0 Å². The summed E-state index contributed by atoms with van der Waals surface area (Å²) >= 11 is 0. The minimum Gasteiger partial charge on any atom is -0.344 e. The van der Waals surface area contributed by atoms with Crippen LogP contribution in [0.5, 0.6) is 0 Å². The zero-order chi connectivity index (χ0) is 15.0. The Bertz CT molecular complexity index is 779. The molecule has 1 aromatic carbocycles. The number of pyridine rings is 1. The predicted molar refractivity (Wildman–Crippen MR) is 88.8 cm³/mol. The van der Waals surface area contributed by atoms with E-state index in [0.29, 0.717) is 0 Å². The van der Waals surface area contributed by atoms with Crippen molar-refractivity contribution in [3.63, 3.8) is 0 Å². The van der Waals surface area contributed by atoms with Gasteiger partial charge in [0.25, 0.3) is 0 Å². The number of aryl methyl sites for hydroxylation is 5. The molecule has 0 aliphatic heterocycles. The molecule has 0 saturated carbocycles. The van der Waals surface area contributed by atoms with E-state index in [4.69, 9.17) is 0 Å². The molecule has 21 heavy (non-hydrogen) atoms. The maximum Gasteiger partial charge on any atom is 0.0485 e. The maximum absolute atomic E-state index is 4.38. The van der Waals surface area contributed by atoms with Crippen molar-refractivity contribution in [3.05, 3.63) is 64.6 Å². The van der Waals surface area contributed by atoms with Gasteiger partial charge < -0.3 is 4.57 Å². The molecule has 0 unspecified atom stereocenters. The van der Waals surface area contributed by atoms with Gasteiger partial charge in [-0.05, 0) is 63.4 Å². The normalized spacial score (nSPS) is 11.2. The molecule has 0 amide bonds. The first-order chi connectivity index (χ1) is 10.1. The van der Waals surface area contributed by atoms with E-state index in [1.807, 2.05) is 13.1 Å². The third-order valence-electron chi connectivity index (χ3n) is 4.39. The summed E-state index contributed by atoms with van der Waals surface area (Å²) in [6, 6.07) is 11.0. The van der Waals surface area contributed by atoms with E-state index < -0.39 is 0 Å². The van der Waals surface area contributed by atoms with Gasteiger partial charge in [-0.25, -0.2) is 0 Å². The minimum atomic E-state index is 1.00. The SMILES string of the molecule is Cc1ccc2c(c1)c(C)c(C)n2CCc1ccc(C)nc1. The van der Waals surface area contributed by atoms with Crippen LogP contribution < -0.4 is 0 Å². The molecule has 2 aromatic heterocycles. The van der Waals surface area contributed by atoms with Crippen molar-refractivity contribution in [1.29, 1.82) is 0 Å². The Hall–Kier alpha value is -2.09. The van der Waals surface area contributed by atoms with Gasteiger partial charge in [0, 0.05) is 35.0 Å². The number of benzene rings is 1. The van der Waals surface area contributed by atoms with E-state index in [0.717, 1.165) is 18.7 Å². The van der Waals surface area contributed by atoms with Crippen LogP contribution in [0.2, 0.25) is 0 Å². The molecule has 0 bridgehead atoms. The van der Waals surface area contributed by atoms with Gasteiger partial charge in [0.15, 0.2) is 0 Å². The number of rotatable bonds is 3. The van der Waals surface area contributed by atoms with Crippen molar-refractivity contribution < 1.29 is 0 Å². The first-order valence-electron chi connectivity index (χ1n) is 7.54. The number of fused-ring (bicyclic) bond motifs is 1. The zero-order valence-corrected chi connectivity index (χ0v) is 13.3. The monoisotopic (exact) mass is 278 g/mol. The summed E-state index contributed by atoms with van der Waals surface area (Å²) in [5.74, 6) is 0. The highest BCUT2D eigenvalue weighted by Gasteiger charge is 2.10. The topological polar surface area (TPSA) is 17.8 Å². The third kappa shape index (κ3) is 2.58. The molecule has 0 aliphatic rings. The molecule has 2 nitrogen and oxygen atoms in total. The van der Waals surface area contributed by atoms with Gasteiger partial charge in [0.05, 0.1) is 0 Å². The second-order valence-electron chi connectivity index (χ2n) is 5.94. The Morgan fingerprint density at radius 2 is 1.81 bits per heavy atom. The van der Waals surface area contributed by atoms with Crippen molar-refractivity contribution in [1.82, 2.24) is 9.55 Å². The molecule has 3 rings (SSSR count). The smallest absolute Gasteiger partial charge is 0.0485 e. The molecule has 0 aliphatic carbocycles. The summed E-state index contributed by atoms with van der Waals surface area (Å²) in [5, 5.41) is 1.38. The van der Waals surface area contributed by atoms with Crippen LogP contribution in [0.4, 0.5) is 0 Å². The Balaban J connectivity index is 1.93. The molecule has 2 heteroatoms. The second kappa shape index (κ2) is 5.36. The standard InChI is InChI=1S/C19H22N2/c1-13-5-8-19-18(11-13)15(3)16(4)21(19)10-9-17-7-6-14(2)20-12-17/h5-8,11-12H,9-10H2,1-4H3. The van der Waals surface area contributed by atoms with E-state index in [-0.39, 0.29) is 0 Å². The molecule has 0 fully saturated rings. The fourth-order valence-corrected chi connectivity index (χ4v) is 2.94. The third-order valence-corrected chi connectivity index (χ3v) is 4.39. The van der Waals surface area contributed by atoms with Gasteiger partial charge >= 0.3 is 0 Å². The summed E-state index contributed by atoms with van der Waals surface area (Å²) < 4.78 is 2.43. The van der Waals surface area contributed by atoms with Gasteiger partial charge in [0.1, 0.15) is 0 Å². The summed E-state index contributed by atoms with van der Waals surface area (Å²) in [7, 11) is 0. The number of hydrogen-bond donors (Lipinski definition) is 0. The lowest BCUT2D eigenvalue weighted by Crippen LogP contribution is -2.03. The van der Waals surface area contributed by atoms with Crippen LogP contribution in [0.15, 0.2) is 36.5 Å². The fourth-order valence-electron chi connectivity index (χ4n) is 2.94. The summed E-state index contributed by atoms with van der Waals surface area (Å²) in [5.41, 5.74) is 7.81. The highest BCUT2D eigenvalue weighted by Crippen LogP contribution is 2.26. The highest BCUT2D eigenvalue weighted by molar-refractivity contribution is 5.85. The molecular weight excluding hydrogens is 256 g/mol. The van der Waals surface area contributed by atoms with Crippen LogP contribution in [0.1, 0.15) is 28.1 Å². The van der Waals surface area contributed by atoms with E-state index in [1.165, 1.54) is 33.3 Å². The van der Waals surface area contributed by atoms with Crippen LogP contribution >= 0.6 is 0 Å². The minimum absolute atomic E-state index is 1.00. The van der Waals surface area contributed by atoms with Crippen LogP contribution in [0.25, 0.3) is 10.9 Å². The average molecular weight is 278 g/mol. The van der Waals surface area contributed by atoms with Gasteiger partial charge in [0.2, 0.25) is 0 Å². The number of aromatic nitrogens is 2. The average Bonchev–Trinajstić information content (AvgIpc) is 2.71. The fraction of sp³-hybridized carbons (Fsp3) is 0.316. The van der Waals surface area contributed by atoms with E-state index in [9.17, 15) is 0 Å². The maximum atomic E-state index is 4.38. The first kappa shape index (κ1) is 13.9. The largest absolute Gasteiger partial charge is 0.344 e. The Labute approximate surface area is 126 Å². The molecule has 0 spiro atoms. The molecule has 0 saturated heterocycles. The summed E-state index contributed by atoms with van der Waals surface area (Å²) in [6.45, 7) is 9.63. The lowest BCUT2D eigenvalue weighted by molar-refractivity contribution is 0.699. The number of hydrogen-bond acceptors (Lipinski definition) is 1. The molecular formula is C19H22N2. The van der Waals surface area contributed by atoms with Crippen LogP contribution in [-0.2, 0) is 13.0 Å². The Kier molecular flexibility index (Phi) is 3.54. The van der Waals surface area contributed by atoms with E-state index in [1.54, 1.807) is 0 Å². The van der Waals surface area contributed by atoms with Crippen LogP contribution in [-0.4, -0.2) is 9.55 Å². The zero-order valence-electron chi connectivity index (χ0n) is 13.3. The van der Waals surface area contributed by atoms with Gasteiger partial charge in [-0.1, -0.05) is 17.7 Å². The quantitative estimate of drug-likeness (QED) is 0.689. The van der Waals surface area contributed by atoms with Crippen molar-refractivity contribution in [3.8, 4) is 0 Å². The Morgan fingerprint density at radius 3 is 2.52 bits per heavy atom. The van der Waals surface area contributed by atoms with Gasteiger partial charge in [-0.3, -0.25) is 4.98 Å². The molecule has 0 N–H and O–H groups in total. The molecule has 3 aromatic rings. The van der Waals surface area contributed by atoms with Crippen LogP contribution in [0.3, 0.4) is 0 Å². The Morgan fingerprint density at radius 1 is 1.00 bits per heavy atom. The molecule has 0 radical (unpaired) electrons. The van der Waals surface area contributed by atoms with Crippen molar-refractivity contribution in [2.45, 2.75) is 40.7 Å². The van der Waals surface area contributed by atoms with E-state index >= 15 is 0 Å². The van der Waals surface area contributed by atoms with Gasteiger partial charge in [-0.15, -0.1) is 0 Å². The second-order valence-corrected chi connectivity index (χ2v) is 5.94. The van der Waals surface area contributed by atoms with Crippen molar-refractivity contribution >= 4 is 10.9 Å². The van der Waals surface area contributed by atoms with Crippen molar-refractivity contribution in [2.24, 2.45) is 0 Å². The summed E-state index contributed by atoms with van der Waals surface area (Å²) in [4.78, 5) is 4.38.